The van der Waals surface area contributed by atoms with Crippen LogP contribution in [0.4, 0.5) is 4.39 Å². The maximum Gasteiger partial charge on any atom is 0.352 e. The SMILES string of the molecule is CC.Cc1c2c(nn1CCO)CSCc1cc(n(C)n1)CSc1cc(c3ccc(F)cc3c1)OCCCc1c(C(=O)O)n(C)c3c-2c(Cl)ccc13. The lowest BCUT2D eigenvalue weighted by molar-refractivity contribution is 0.0685. The van der Waals surface area contributed by atoms with E-state index in [-0.39, 0.29) is 18.1 Å². The summed E-state index contributed by atoms with van der Waals surface area (Å²) < 4.78 is 26.1. The minimum Gasteiger partial charge on any atom is -0.493 e. The van der Waals surface area contributed by atoms with E-state index in [1.54, 1.807) is 45.9 Å². The summed E-state index contributed by atoms with van der Waals surface area (Å²) >= 11 is 10.3. The van der Waals surface area contributed by atoms with Crippen molar-refractivity contribution in [1.29, 1.82) is 0 Å². The van der Waals surface area contributed by atoms with Gasteiger partial charge in [-0.2, -0.15) is 10.2 Å². The molecule has 8 bridgehead atoms. The molecule has 7 rings (SSSR count). The molecule has 0 aliphatic carbocycles. The maximum absolute atomic E-state index is 14.3. The molecule has 4 heterocycles. The molecule has 51 heavy (non-hydrogen) atoms. The quantitative estimate of drug-likeness (QED) is 0.185. The van der Waals surface area contributed by atoms with Crippen molar-refractivity contribution in [2.24, 2.45) is 14.1 Å². The molecule has 0 amide bonds. The van der Waals surface area contributed by atoms with Crippen LogP contribution in [-0.4, -0.2) is 53.5 Å². The highest BCUT2D eigenvalue weighted by Crippen LogP contribution is 2.43. The average molecular weight is 750 g/mol. The predicted octanol–water partition coefficient (Wildman–Crippen LogP) is 8.80. The summed E-state index contributed by atoms with van der Waals surface area (Å²) in [7, 11) is 3.70. The number of aliphatic hydroxyl groups excluding tert-OH is 1. The molecule has 0 fully saturated rings. The van der Waals surface area contributed by atoms with Gasteiger partial charge in [-0.25, -0.2) is 9.18 Å². The van der Waals surface area contributed by atoms with Crippen LogP contribution in [0.5, 0.6) is 5.75 Å². The van der Waals surface area contributed by atoms with Gasteiger partial charge in [0.25, 0.3) is 0 Å². The van der Waals surface area contributed by atoms with E-state index in [9.17, 15) is 19.4 Å². The number of carbonyl (C=O) groups is 1. The van der Waals surface area contributed by atoms with Gasteiger partial charge in [0.1, 0.15) is 17.3 Å². The van der Waals surface area contributed by atoms with Gasteiger partial charge < -0.3 is 19.5 Å². The summed E-state index contributed by atoms with van der Waals surface area (Å²) in [5.41, 5.74) is 6.83. The van der Waals surface area contributed by atoms with E-state index in [0.717, 1.165) is 60.5 Å². The zero-order valence-electron chi connectivity index (χ0n) is 29.3. The van der Waals surface area contributed by atoms with Gasteiger partial charge in [-0.05, 0) is 73.2 Å². The highest BCUT2D eigenvalue weighted by molar-refractivity contribution is 7.98. The number of ether oxygens (including phenoxy) is 1. The lowest BCUT2D eigenvalue weighted by Gasteiger charge is -2.13. The van der Waals surface area contributed by atoms with E-state index in [1.807, 2.05) is 56.8 Å². The van der Waals surface area contributed by atoms with Crippen LogP contribution in [0, 0.1) is 12.7 Å². The van der Waals surface area contributed by atoms with E-state index in [1.165, 1.54) is 12.1 Å². The summed E-state index contributed by atoms with van der Waals surface area (Å²) in [6, 6.07) is 14.5. The number of aliphatic hydroxyl groups is 1. The first-order chi connectivity index (χ1) is 24.6. The fraction of sp³-hybridized carbons (Fsp3) is 0.342. The summed E-state index contributed by atoms with van der Waals surface area (Å²) in [6.45, 7) is 6.54. The third-order valence-electron chi connectivity index (χ3n) is 9.03. The first-order valence-corrected chi connectivity index (χ1v) is 19.5. The molecular weight excluding hydrogens is 709 g/mol. The van der Waals surface area contributed by atoms with Crippen LogP contribution in [0.2, 0.25) is 5.02 Å². The third-order valence-corrected chi connectivity index (χ3v) is 11.3. The highest BCUT2D eigenvalue weighted by Gasteiger charge is 2.27. The second-order valence-electron chi connectivity index (χ2n) is 12.1. The summed E-state index contributed by atoms with van der Waals surface area (Å²) in [6.07, 6.45) is 1.000. The van der Waals surface area contributed by atoms with Gasteiger partial charge in [0, 0.05) is 69.5 Å². The monoisotopic (exact) mass is 749 g/mol. The van der Waals surface area contributed by atoms with Crippen molar-refractivity contribution in [2.75, 3.05) is 13.2 Å². The van der Waals surface area contributed by atoms with Gasteiger partial charge in [-0.3, -0.25) is 9.36 Å². The van der Waals surface area contributed by atoms with E-state index < -0.39 is 5.97 Å². The van der Waals surface area contributed by atoms with Crippen LogP contribution in [0.1, 0.15) is 59.1 Å². The van der Waals surface area contributed by atoms with Crippen LogP contribution in [0.25, 0.3) is 32.8 Å². The van der Waals surface area contributed by atoms with E-state index in [0.29, 0.717) is 59.6 Å². The van der Waals surface area contributed by atoms with Crippen LogP contribution in [0.3, 0.4) is 0 Å². The molecule has 268 valence electrons. The zero-order chi connectivity index (χ0) is 36.4. The first-order valence-electron chi connectivity index (χ1n) is 16.9. The summed E-state index contributed by atoms with van der Waals surface area (Å²) in [5, 5.41) is 32.8. The number of aromatic nitrogens is 5. The number of fused-ring (bicyclic) bond motifs is 8. The molecule has 3 aromatic carbocycles. The number of carboxylic acid groups (broad SMARTS) is 1. The molecular formula is C38H41ClFN5O4S2. The third kappa shape index (κ3) is 7.24. The zero-order valence-corrected chi connectivity index (χ0v) is 31.7. The minimum atomic E-state index is -1.03. The molecule has 2 N–H and O–H groups in total. The minimum absolute atomic E-state index is 0.0724. The molecule has 0 saturated carbocycles. The molecule has 1 aliphatic heterocycles. The fourth-order valence-corrected chi connectivity index (χ4v) is 8.89. The Morgan fingerprint density at radius 3 is 2.57 bits per heavy atom. The van der Waals surface area contributed by atoms with Gasteiger partial charge in [-0.1, -0.05) is 31.5 Å². The molecule has 9 nitrogen and oxygen atoms in total. The Morgan fingerprint density at radius 1 is 1.02 bits per heavy atom. The van der Waals surface area contributed by atoms with Gasteiger partial charge in [0.15, 0.2) is 0 Å². The number of aromatic carboxylic acids is 1. The molecule has 3 aromatic heterocycles. The van der Waals surface area contributed by atoms with Crippen LogP contribution in [0.15, 0.2) is 53.4 Å². The van der Waals surface area contributed by atoms with Gasteiger partial charge in [-0.15, -0.1) is 23.5 Å². The van der Waals surface area contributed by atoms with Crippen molar-refractivity contribution >= 4 is 62.8 Å². The summed E-state index contributed by atoms with van der Waals surface area (Å²) in [4.78, 5) is 13.7. The largest absolute Gasteiger partial charge is 0.493 e. The molecule has 0 atom stereocenters. The Bertz CT molecular complexity index is 2250. The number of benzene rings is 3. The molecule has 0 unspecified atom stereocenters. The summed E-state index contributed by atoms with van der Waals surface area (Å²) in [5.74, 6) is 1.18. The fourth-order valence-electron chi connectivity index (χ4n) is 6.81. The van der Waals surface area contributed by atoms with E-state index in [2.05, 4.69) is 6.07 Å². The Hall–Kier alpha value is -3.97. The topological polar surface area (TPSA) is 107 Å². The maximum atomic E-state index is 14.3. The smallest absolute Gasteiger partial charge is 0.352 e. The molecule has 13 heteroatoms. The van der Waals surface area contributed by atoms with Crippen molar-refractivity contribution in [2.45, 2.75) is 62.3 Å². The van der Waals surface area contributed by atoms with E-state index in [4.69, 9.17) is 26.5 Å². The predicted molar refractivity (Wildman–Crippen MR) is 205 cm³/mol. The molecule has 1 aliphatic rings. The Morgan fingerprint density at radius 2 is 1.80 bits per heavy atom. The number of halogens is 2. The first kappa shape index (κ1) is 36.8. The van der Waals surface area contributed by atoms with Crippen molar-refractivity contribution in [3.63, 3.8) is 0 Å². The molecule has 0 radical (unpaired) electrons. The van der Waals surface area contributed by atoms with Gasteiger partial charge >= 0.3 is 5.97 Å². The van der Waals surface area contributed by atoms with Crippen LogP contribution < -0.4 is 4.74 Å². The van der Waals surface area contributed by atoms with E-state index >= 15 is 0 Å². The highest BCUT2D eigenvalue weighted by atomic mass is 35.5. The van der Waals surface area contributed by atoms with Crippen LogP contribution in [-0.2, 0) is 44.3 Å². The van der Waals surface area contributed by atoms with Crippen LogP contribution >= 0.6 is 35.1 Å². The van der Waals surface area contributed by atoms with Gasteiger partial charge in [0.05, 0.1) is 41.7 Å². The number of nitrogens with zero attached hydrogens (tertiary/aromatic N) is 5. The van der Waals surface area contributed by atoms with Crippen molar-refractivity contribution < 1.29 is 24.1 Å². The number of rotatable bonds is 3. The molecule has 6 aromatic rings. The standard InChI is InChI=1S/C36H35ClFN5O4S2.C2H6/c1-20-32-30(40-43(20)10-11-44)19-48-17-23-15-24(42(3)39-23)18-49-25-14-21-13-22(38)6-7-26(21)31(16-25)47-12-4-5-27-28-8-9-29(37)33(32)34(28)41(2)35(27)36(45)46;1-2/h6-9,13-16,44H,4-5,10-12,17-19H2,1-3H3,(H,45,46);1-2H3. The number of thioether (sulfide) groups is 2. The van der Waals surface area contributed by atoms with Crippen molar-refractivity contribution in [1.82, 2.24) is 24.1 Å². The van der Waals surface area contributed by atoms with Crippen molar-refractivity contribution in [3.8, 4) is 16.9 Å². The Balaban J connectivity index is 0.00000220. The number of aryl methyl sites for hydroxylation is 3. The lowest BCUT2D eigenvalue weighted by atomic mass is 9.98. The number of carboxylic acids is 1. The second-order valence-corrected chi connectivity index (χ2v) is 14.6. The Labute approximate surface area is 309 Å². The average Bonchev–Trinajstić information content (AvgIpc) is 3.72. The second kappa shape index (κ2) is 15.7. The lowest BCUT2D eigenvalue weighted by Crippen LogP contribution is -2.09. The Kier molecular flexibility index (Phi) is 11.4. The van der Waals surface area contributed by atoms with Crippen molar-refractivity contribution in [3.05, 3.63) is 93.4 Å². The molecule has 0 saturated heterocycles. The normalized spacial score (nSPS) is 13.7. The molecule has 0 spiro atoms. The number of hydrogen-bond donors (Lipinski definition) is 2. The van der Waals surface area contributed by atoms with Gasteiger partial charge in [0.2, 0.25) is 0 Å². The number of hydrogen-bond acceptors (Lipinski definition) is 7.